The molecule has 2 N–H and O–H groups in total. The minimum atomic E-state index is 0.361. The third-order valence-electron chi connectivity index (χ3n) is 5.27. The van der Waals surface area contributed by atoms with Crippen molar-refractivity contribution in [1.82, 2.24) is 10.6 Å². The third-order valence-corrected chi connectivity index (χ3v) is 5.27. The lowest BCUT2D eigenvalue weighted by atomic mass is 9.51. The van der Waals surface area contributed by atoms with Crippen LogP contribution >= 0.6 is 0 Å². The monoisotopic (exact) mass is 301 g/mol. The average molecular weight is 301 g/mol. The number of nitrogens with zero attached hydrogens (tertiary/aromatic N) is 1. The Bertz CT molecular complexity index is 510. The summed E-state index contributed by atoms with van der Waals surface area (Å²) in [4.78, 5) is 4.37. The fourth-order valence-corrected chi connectivity index (χ4v) is 3.78. The molecule has 22 heavy (non-hydrogen) atoms. The van der Waals surface area contributed by atoms with Crippen LogP contribution in [0.15, 0.2) is 35.3 Å². The van der Waals surface area contributed by atoms with Gasteiger partial charge < -0.3 is 15.4 Å². The summed E-state index contributed by atoms with van der Waals surface area (Å²) in [6.45, 7) is 3.71. The summed E-state index contributed by atoms with van der Waals surface area (Å²) >= 11 is 0. The molecule has 0 bridgehead atoms. The first-order chi connectivity index (χ1) is 10.8. The molecule has 2 saturated carbocycles. The molecular formula is C18H27N3O. The van der Waals surface area contributed by atoms with Crippen LogP contribution in [0.4, 0.5) is 0 Å². The van der Waals surface area contributed by atoms with E-state index in [4.69, 9.17) is 4.74 Å². The first-order valence-electron chi connectivity index (χ1n) is 8.41. The number of hydrogen-bond acceptors (Lipinski definition) is 2. The molecule has 1 spiro atoms. The van der Waals surface area contributed by atoms with Crippen molar-refractivity contribution >= 4 is 5.96 Å². The predicted molar refractivity (Wildman–Crippen MR) is 89.9 cm³/mol. The number of aliphatic imine (C=N–C) groups is 1. The van der Waals surface area contributed by atoms with E-state index in [0.717, 1.165) is 25.5 Å². The highest BCUT2D eigenvalue weighted by atomic mass is 16.5. The highest BCUT2D eigenvalue weighted by molar-refractivity contribution is 5.80. The van der Waals surface area contributed by atoms with Crippen LogP contribution in [0.25, 0.3) is 0 Å². The van der Waals surface area contributed by atoms with Gasteiger partial charge in [-0.25, -0.2) is 0 Å². The van der Waals surface area contributed by atoms with Gasteiger partial charge in [0.1, 0.15) is 0 Å². The van der Waals surface area contributed by atoms with Crippen molar-refractivity contribution in [3.05, 3.63) is 35.9 Å². The Labute approximate surface area is 133 Å². The van der Waals surface area contributed by atoms with E-state index in [2.05, 4.69) is 46.8 Å². The molecule has 2 aliphatic carbocycles. The molecule has 0 aliphatic heterocycles. The number of rotatable bonds is 5. The number of ether oxygens (including phenoxy) is 1. The summed E-state index contributed by atoms with van der Waals surface area (Å²) in [5.41, 5.74) is 1.63. The minimum Gasteiger partial charge on any atom is -0.378 e. The van der Waals surface area contributed by atoms with Crippen molar-refractivity contribution in [2.24, 2.45) is 10.4 Å². The zero-order valence-electron chi connectivity index (χ0n) is 13.6. The van der Waals surface area contributed by atoms with Crippen molar-refractivity contribution in [3.8, 4) is 0 Å². The molecule has 2 aliphatic rings. The molecule has 4 nitrogen and oxygen atoms in total. The maximum absolute atomic E-state index is 5.91. The van der Waals surface area contributed by atoms with Crippen molar-refractivity contribution in [2.75, 3.05) is 13.7 Å². The number of nitrogens with one attached hydrogen (secondary N) is 2. The average Bonchev–Trinajstić information content (AvgIpc) is 2.48. The van der Waals surface area contributed by atoms with E-state index < -0.39 is 0 Å². The fraction of sp³-hybridized carbons (Fsp3) is 0.611. The molecule has 2 atom stereocenters. The lowest BCUT2D eigenvalue weighted by Crippen LogP contribution is -2.68. The topological polar surface area (TPSA) is 45.6 Å². The summed E-state index contributed by atoms with van der Waals surface area (Å²) in [7, 11) is 1.84. The van der Waals surface area contributed by atoms with E-state index in [1.807, 2.05) is 13.1 Å². The lowest BCUT2D eigenvalue weighted by molar-refractivity contribution is -0.168. The molecule has 2 fully saturated rings. The van der Waals surface area contributed by atoms with Crippen molar-refractivity contribution in [3.63, 3.8) is 0 Å². The van der Waals surface area contributed by atoms with E-state index in [0.29, 0.717) is 17.6 Å². The molecule has 0 saturated heterocycles. The van der Waals surface area contributed by atoms with Crippen molar-refractivity contribution in [1.29, 1.82) is 0 Å². The highest BCUT2D eigenvalue weighted by Gasteiger charge is 2.59. The Hall–Kier alpha value is -1.55. The molecule has 4 heteroatoms. The van der Waals surface area contributed by atoms with E-state index in [1.165, 1.54) is 24.8 Å². The van der Waals surface area contributed by atoms with Gasteiger partial charge >= 0.3 is 0 Å². The Morgan fingerprint density at radius 1 is 1.32 bits per heavy atom. The van der Waals surface area contributed by atoms with Crippen LogP contribution < -0.4 is 10.6 Å². The van der Waals surface area contributed by atoms with E-state index in [9.17, 15) is 0 Å². The van der Waals surface area contributed by atoms with Crippen LogP contribution in [0, 0.1) is 5.41 Å². The predicted octanol–water partition coefficient (Wildman–Crippen LogP) is 2.70. The van der Waals surface area contributed by atoms with Crippen LogP contribution in [0.2, 0.25) is 0 Å². The minimum absolute atomic E-state index is 0.361. The molecule has 2 unspecified atom stereocenters. The number of hydrogen-bond donors (Lipinski definition) is 2. The van der Waals surface area contributed by atoms with Gasteiger partial charge in [0.2, 0.25) is 0 Å². The molecule has 3 rings (SSSR count). The standard InChI is InChI=1S/C18H27N3O/c1-3-22-16-12-15(18(16)10-7-11-18)21-17(19-2)20-13-14-8-5-4-6-9-14/h4-6,8-9,15-16H,3,7,10-13H2,1-2H3,(H2,19,20,21). The van der Waals surface area contributed by atoms with Crippen LogP contribution in [0.1, 0.15) is 38.2 Å². The normalized spacial score (nSPS) is 26.2. The fourth-order valence-electron chi connectivity index (χ4n) is 3.78. The zero-order valence-corrected chi connectivity index (χ0v) is 13.6. The smallest absolute Gasteiger partial charge is 0.191 e. The summed E-state index contributed by atoms with van der Waals surface area (Å²) < 4.78 is 5.91. The second-order valence-corrected chi connectivity index (χ2v) is 6.37. The van der Waals surface area contributed by atoms with E-state index in [1.54, 1.807) is 0 Å². The van der Waals surface area contributed by atoms with E-state index >= 15 is 0 Å². The maximum atomic E-state index is 5.91. The van der Waals surface area contributed by atoms with Crippen LogP contribution in [-0.2, 0) is 11.3 Å². The summed E-state index contributed by atoms with van der Waals surface area (Å²) in [6, 6.07) is 10.9. The molecule has 0 amide bonds. The van der Waals surface area contributed by atoms with E-state index in [-0.39, 0.29) is 0 Å². The van der Waals surface area contributed by atoms with Gasteiger partial charge in [0, 0.05) is 31.7 Å². The summed E-state index contributed by atoms with van der Waals surface area (Å²) in [5, 5.41) is 7.03. The van der Waals surface area contributed by atoms with Crippen LogP contribution in [0.3, 0.4) is 0 Å². The molecule has 0 heterocycles. The van der Waals surface area contributed by atoms with Crippen LogP contribution in [0.5, 0.6) is 0 Å². The second-order valence-electron chi connectivity index (χ2n) is 6.37. The summed E-state index contributed by atoms with van der Waals surface area (Å²) in [6.07, 6.45) is 5.43. The first-order valence-corrected chi connectivity index (χ1v) is 8.41. The second kappa shape index (κ2) is 6.69. The Kier molecular flexibility index (Phi) is 4.67. The molecule has 1 aromatic carbocycles. The quantitative estimate of drug-likeness (QED) is 0.649. The first kappa shape index (κ1) is 15.3. The van der Waals surface area contributed by atoms with Gasteiger partial charge in [0.25, 0.3) is 0 Å². The van der Waals surface area contributed by atoms with Gasteiger partial charge in [0.15, 0.2) is 5.96 Å². The molecule has 0 radical (unpaired) electrons. The zero-order chi connectivity index (χ0) is 15.4. The highest BCUT2D eigenvalue weighted by Crippen LogP contribution is 2.57. The number of guanidine groups is 1. The molecule has 120 valence electrons. The lowest BCUT2D eigenvalue weighted by Gasteiger charge is -2.61. The van der Waals surface area contributed by atoms with Gasteiger partial charge in [-0.2, -0.15) is 0 Å². The van der Waals surface area contributed by atoms with Crippen molar-refractivity contribution in [2.45, 2.75) is 51.3 Å². The van der Waals surface area contributed by atoms with Gasteiger partial charge in [0.05, 0.1) is 6.10 Å². The van der Waals surface area contributed by atoms with Gasteiger partial charge in [-0.15, -0.1) is 0 Å². The molecular weight excluding hydrogens is 274 g/mol. The Morgan fingerprint density at radius 2 is 2.09 bits per heavy atom. The SMILES string of the molecule is CCOC1CC(NC(=NC)NCc2ccccc2)C12CCC2. The maximum Gasteiger partial charge on any atom is 0.191 e. The van der Waals surface area contributed by atoms with Crippen LogP contribution in [-0.4, -0.2) is 31.8 Å². The molecule has 0 aromatic heterocycles. The largest absolute Gasteiger partial charge is 0.378 e. The third kappa shape index (κ3) is 2.84. The van der Waals surface area contributed by atoms with Gasteiger partial charge in [-0.05, 0) is 31.7 Å². The Balaban J connectivity index is 1.53. The molecule has 1 aromatic rings. The van der Waals surface area contributed by atoms with Gasteiger partial charge in [-0.3, -0.25) is 4.99 Å². The number of benzene rings is 1. The summed E-state index contributed by atoms with van der Waals surface area (Å²) in [5.74, 6) is 0.898. The van der Waals surface area contributed by atoms with Crippen molar-refractivity contribution < 1.29 is 4.74 Å². The van der Waals surface area contributed by atoms with Gasteiger partial charge in [-0.1, -0.05) is 36.8 Å². The Morgan fingerprint density at radius 3 is 2.68 bits per heavy atom.